The number of likely N-dealkylation sites (tertiary alicyclic amines) is 1. The van der Waals surface area contributed by atoms with E-state index < -0.39 is 23.3 Å². The lowest BCUT2D eigenvalue weighted by molar-refractivity contribution is -0.127. The first-order valence-corrected chi connectivity index (χ1v) is 24.3. The van der Waals surface area contributed by atoms with Gasteiger partial charge in [-0.25, -0.2) is 17.6 Å². The van der Waals surface area contributed by atoms with Crippen LogP contribution in [0.15, 0.2) is 134 Å². The van der Waals surface area contributed by atoms with Crippen LogP contribution in [0.1, 0.15) is 71.4 Å². The lowest BCUT2D eigenvalue weighted by Gasteiger charge is -2.32. The van der Waals surface area contributed by atoms with E-state index in [1.54, 1.807) is 12.4 Å². The third-order valence-corrected chi connectivity index (χ3v) is 12.1. The molecule has 16 heteroatoms. The zero-order chi connectivity index (χ0) is 49.0. The van der Waals surface area contributed by atoms with Gasteiger partial charge >= 0.3 is 0 Å². The molecule has 0 bridgehead atoms. The molecule has 10 nitrogen and oxygen atoms in total. The molecule has 2 saturated heterocycles. The molecular weight excluding hydrogens is 988 g/mol. The SMILES string of the molecule is Cc1cccc(C(NC(=O)C2CCN(CCOc3ccc(F)cc3F)CC2)c2ccccn2)c1.Cc1cccc(C(NC(=O)C2CCNCC2)c2ccccn2)c1.Cl.Fc1ccc(OCCBr)c(F)c1. The molecule has 0 spiro atoms. The van der Waals surface area contributed by atoms with Gasteiger partial charge in [-0.15, -0.1) is 12.4 Å². The number of alkyl halides is 1. The number of hydrogen-bond acceptors (Lipinski definition) is 8. The first-order chi connectivity index (χ1) is 33.5. The number of rotatable bonds is 15. The Morgan fingerprint density at radius 1 is 0.643 bits per heavy atom. The first kappa shape index (κ1) is 55.1. The van der Waals surface area contributed by atoms with E-state index in [9.17, 15) is 27.2 Å². The summed E-state index contributed by atoms with van der Waals surface area (Å²) in [5, 5.41) is 10.4. The maximum atomic E-state index is 13.7. The lowest BCUT2D eigenvalue weighted by Crippen LogP contribution is -2.43. The summed E-state index contributed by atoms with van der Waals surface area (Å²) in [6.45, 7) is 8.71. The van der Waals surface area contributed by atoms with Crippen molar-refractivity contribution in [3.05, 3.63) is 191 Å². The van der Waals surface area contributed by atoms with Gasteiger partial charge in [0, 0.05) is 48.2 Å². The largest absolute Gasteiger partial charge is 0.490 e. The molecule has 4 heterocycles. The third-order valence-electron chi connectivity index (χ3n) is 11.7. The van der Waals surface area contributed by atoms with Crippen molar-refractivity contribution in [2.45, 2.75) is 51.6 Å². The van der Waals surface area contributed by atoms with Crippen LogP contribution in [0.3, 0.4) is 0 Å². The first-order valence-electron chi connectivity index (χ1n) is 23.2. The van der Waals surface area contributed by atoms with Gasteiger partial charge in [0.1, 0.15) is 18.2 Å². The van der Waals surface area contributed by atoms with Crippen LogP contribution >= 0.6 is 28.3 Å². The zero-order valence-electron chi connectivity index (χ0n) is 39.3. The summed E-state index contributed by atoms with van der Waals surface area (Å²) in [6.07, 6.45) is 6.78. The Kier molecular flexibility index (Phi) is 22.6. The molecular formula is C54H60BrClF4N6O4. The topological polar surface area (TPSA) is 118 Å². The molecule has 3 N–H and O–H groups in total. The number of halogens is 6. The molecule has 0 radical (unpaired) electrons. The lowest BCUT2D eigenvalue weighted by atomic mass is 9.94. The monoisotopic (exact) mass is 1050 g/mol. The Labute approximate surface area is 422 Å². The molecule has 70 heavy (non-hydrogen) atoms. The summed E-state index contributed by atoms with van der Waals surface area (Å²) >= 11 is 3.12. The van der Waals surface area contributed by atoms with Gasteiger partial charge in [-0.05, 0) is 125 Å². The Morgan fingerprint density at radius 3 is 1.54 bits per heavy atom. The molecule has 372 valence electrons. The van der Waals surface area contributed by atoms with Crippen molar-refractivity contribution >= 4 is 40.2 Å². The average molecular weight is 1050 g/mol. The van der Waals surface area contributed by atoms with Gasteiger partial charge in [0.05, 0.1) is 30.1 Å². The Hall–Kier alpha value is -5.87. The maximum Gasteiger partial charge on any atom is 0.224 e. The van der Waals surface area contributed by atoms with Gasteiger partial charge in [0.25, 0.3) is 0 Å². The van der Waals surface area contributed by atoms with E-state index in [2.05, 4.69) is 77.9 Å². The molecule has 0 saturated carbocycles. The maximum absolute atomic E-state index is 13.7. The van der Waals surface area contributed by atoms with E-state index >= 15 is 0 Å². The normalized spacial score (nSPS) is 14.8. The average Bonchev–Trinajstić information content (AvgIpc) is 3.36. The van der Waals surface area contributed by atoms with Crippen LogP contribution in [0.25, 0.3) is 0 Å². The minimum atomic E-state index is -0.702. The number of piperidine rings is 2. The van der Waals surface area contributed by atoms with Crippen LogP contribution < -0.4 is 25.4 Å². The van der Waals surface area contributed by atoms with Crippen LogP contribution in [0.2, 0.25) is 0 Å². The minimum Gasteiger partial charge on any atom is -0.490 e. The van der Waals surface area contributed by atoms with Gasteiger partial charge in [-0.1, -0.05) is 87.7 Å². The van der Waals surface area contributed by atoms with Crippen LogP contribution in [-0.2, 0) is 9.59 Å². The van der Waals surface area contributed by atoms with Crippen molar-refractivity contribution in [1.29, 1.82) is 0 Å². The number of amides is 2. The summed E-state index contributed by atoms with van der Waals surface area (Å²) in [4.78, 5) is 37.0. The number of aryl methyl sites for hydroxylation is 2. The van der Waals surface area contributed by atoms with Crippen molar-refractivity contribution in [3.63, 3.8) is 0 Å². The highest BCUT2D eigenvalue weighted by Gasteiger charge is 2.29. The minimum absolute atomic E-state index is 0. The Balaban J connectivity index is 0.000000218. The summed E-state index contributed by atoms with van der Waals surface area (Å²) in [5.74, 6) is -2.30. The molecule has 2 amide bonds. The number of ether oxygens (including phenoxy) is 2. The Morgan fingerprint density at radius 2 is 1.11 bits per heavy atom. The number of pyridine rings is 2. The summed E-state index contributed by atoms with van der Waals surface area (Å²) in [6, 6.07) is 33.9. The second kappa shape index (κ2) is 28.7. The number of nitrogens with one attached hydrogen (secondary N) is 3. The van der Waals surface area contributed by atoms with E-state index in [4.69, 9.17) is 9.47 Å². The summed E-state index contributed by atoms with van der Waals surface area (Å²) in [5.41, 5.74) is 6.08. The highest BCUT2D eigenvalue weighted by Crippen LogP contribution is 2.26. The molecule has 2 aromatic heterocycles. The van der Waals surface area contributed by atoms with Gasteiger partial charge in [-0.3, -0.25) is 24.5 Å². The second-order valence-corrected chi connectivity index (χ2v) is 17.7. The van der Waals surface area contributed by atoms with Gasteiger partial charge in [0.15, 0.2) is 23.1 Å². The number of hydrogen-bond donors (Lipinski definition) is 3. The van der Waals surface area contributed by atoms with E-state index in [1.807, 2.05) is 67.6 Å². The fourth-order valence-corrected chi connectivity index (χ4v) is 8.25. The molecule has 8 rings (SSSR count). The molecule has 2 aliphatic heterocycles. The molecule has 2 aliphatic rings. The predicted octanol–water partition coefficient (Wildman–Crippen LogP) is 10.4. The molecule has 4 aromatic carbocycles. The number of benzene rings is 4. The smallest absolute Gasteiger partial charge is 0.224 e. The molecule has 2 fully saturated rings. The fraction of sp³-hybridized carbons (Fsp3) is 0.333. The molecule has 0 aliphatic carbocycles. The van der Waals surface area contributed by atoms with Crippen molar-refractivity contribution < 1.29 is 36.6 Å². The van der Waals surface area contributed by atoms with E-state index in [0.29, 0.717) is 25.1 Å². The number of aromatic nitrogens is 2. The molecule has 2 unspecified atom stereocenters. The number of carbonyl (C=O) groups is 2. The highest BCUT2D eigenvalue weighted by molar-refractivity contribution is 9.09. The van der Waals surface area contributed by atoms with Gasteiger partial charge in [0.2, 0.25) is 11.8 Å². The van der Waals surface area contributed by atoms with Crippen LogP contribution in [0.5, 0.6) is 11.5 Å². The quantitative estimate of drug-likeness (QED) is 0.0688. The van der Waals surface area contributed by atoms with E-state index in [-0.39, 0.29) is 59.6 Å². The third kappa shape index (κ3) is 17.2. The molecule has 6 aromatic rings. The Bertz CT molecular complexity index is 2540. The predicted molar refractivity (Wildman–Crippen MR) is 270 cm³/mol. The van der Waals surface area contributed by atoms with Gasteiger partial charge < -0.3 is 25.4 Å². The van der Waals surface area contributed by atoms with Crippen LogP contribution in [-0.4, -0.2) is 77.9 Å². The molecule has 2 atom stereocenters. The highest BCUT2D eigenvalue weighted by atomic mass is 79.9. The summed E-state index contributed by atoms with van der Waals surface area (Å²) in [7, 11) is 0. The fourth-order valence-electron chi connectivity index (χ4n) is 8.09. The second-order valence-electron chi connectivity index (χ2n) is 16.9. The van der Waals surface area contributed by atoms with E-state index in [1.165, 1.54) is 23.8 Å². The van der Waals surface area contributed by atoms with Crippen LogP contribution in [0.4, 0.5) is 17.6 Å². The number of nitrogens with zero attached hydrogens (tertiary/aromatic N) is 3. The standard InChI is InChI=1S/C27H29F2N3O2.C19H23N3O.C8H7BrF2O.ClH/c1-19-5-4-6-21(17-19)26(24-7-2-3-12-30-24)31-27(33)20-10-13-32(14-11-20)15-16-34-25-9-8-22(28)18-23(25)29;1-14-5-4-6-16(13-14)18(17-7-2-3-10-21-17)22-19(23)15-8-11-20-12-9-15;9-3-4-12-8-2-1-6(10)5-7(8)11;/h2-9,12,17-18,20,26H,10-11,13-16H2,1H3,(H,31,33);2-7,10,13,15,18,20H,8-9,11-12H2,1H3,(H,22,23);1-2,5H,3-4H2;1H. The van der Waals surface area contributed by atoms with Crippen molar-refractivity contribution in [2.24, 2.45) is 11.8 Å². The van der Waals surface area contributed by atoms with Crippen LogP contribution in [0, 0.1) is 49.0 Å². The van der Waals surface area contributed by atoms with Gasteiger partial charge in [-0.2, -0.15) is 0 Å². The van der Waals surface area contributed by atoms with Crippen molar-refractivity contribution in [2.75, 3.05) is 51.3 Å². The van der Waals surface area contributed by atoms with Crippen molar-refractivity contribution in [3.8, 4) is 11.5 Å². The van der Waals surface area contributed by atoms with E-state index in [0.717, 1.165) is 98.1 Å². The summed E-state index contributed by atoms with van der Waals surface area (Å²) < 4.78 is 62.3. The zero-order valence-corrected chi connectivity index (χ0v) is 41.7. The van der Waals surface area contributed by atoms with Crippen molar-refractivity contribution in [1.82, 2.24) is 30.8 Å². The number of carbonyl (C=O) groups excluding carboxylic acids is 2.